The SMILES string of the molecule is CC(C)C.OC1CC2CCC1CC2. The highest BCUT2D eigenvalue weighted by atomic mass is 16.3. The summed E-state index contributed by atoms with van der Waals surface area (Å²) in [4.78, 5) is 0. The monoisotopic (exact) mass is 184 g/mol. The largest absolute Gasteiger partial charge is 0.393 e. The molecule has 3 saturated carbocycles. The quantitative estimate of drug-likeness (QED) is 0.613. The van der Waals surface area contributed by atoms with Crippen molar-refractivity contribution in [1.29, 1.82) is 0 Å². The van der Waals surface area contributed by atoms with Crippen molar-refractivity contribution in [3.8, 4) is 0 Å². The molecule has 3 aliphatic rings. The van der Waals surface area contributed by atoms with Crippen molar-refractivity contribution in [2.45, 2.75) is 59.0 Å². The Morgan fingerprint density at radius 2 is 1.46 bits per heavy atom. The Hall–Kier alpha value is -0.0400. The molecule has 1 heteroatoms. The maximum atomic E-state index is 9.40. The van der Waals surface area contributed by atoms with Crippen LogP contribution in [0.1, 0.15) is 52.9 Å². The third-order valence-electron chi connectivity index (χ3n) is 3.01. The van der Waals surface area contributed by atoms with Crippen LogP contribution in [0.4, 0.5) is 0 Å². The summed E-state index contributed by atoms with van der Waals surface area (Å²) in [5, 5.41) is 9.40. The van der Waals surface area contributed by atoms with Crippen LogP contribution in [0.2, 0.25) is 0 Å². The summed E-state index contributed by atoms with van der Waals surface area (Å²) in [6.07, 6.45) is 6.55. The lowest BCUT2D eigenvalue weighted by atomic mass is 9.69. The van der Waals surface area contributed by atoms with Crippen LogP contribution in [0.3, 0.4) is 0 Å². The molecular weight excluding hydrogens is 160 g/mol. The molecule has 0 spiro atoms. The third-order valence-corrected chi connectivity index (χ3v) is 3.01. The van der Waals surface area contributed by atoms with E-state index in [1.54, 1.807) is 0 Å². The smallest absolute Gasteiger partial charge is 0.0571 e. The molecule has 0 saturated heterocycles. The maximum Gasteiger partial charge on any atom is 0.0571 e. The van der Waals surface area contributed by atoms with E-state index in [-0.39, 0.29) is 6.10 Å². The fourth-order valence-electron chi connectivity index (χ4n) is 2.34. The van der Waals surface area contributed by atoms with Gasteiger partial charge in [-0.05, 0) is 49.9 Å². The number of aliphatic hydroxyl groups is 1. The molecule has 0 heterocycles. The Morgan fingerprint density at radius 3 is 1.62 bits per heavy atom. The molecule has 0 aliphatic heterocycles. The van der Waals surface area contributed by atoms with Crippen molar-refractivity contribution in [3.05, 3.63) is 0 Å². The normalized spacial score (nSPS) is 37.2. The van der Waals surface area contributed by atoms with Gasteiger partial charge >= 0.3 is 0 Å². The number of fused-ring (bicyclic) bond motifs is 3. The minimum absolute atomic E-state index is 0.0671. The van der Waals surface area contributed by atoms with Crippen LogP contribution in [0.15, 0.2) is 0 Å². The van der Waals surface area contributed by atoms with Crippen molar-refractivity contribution in [3.63, 3.8) is 0 Å². The molecule has 3 rings (SSSR count). The van der Waals surface area contributed by atoms with Gasteiger partial charge < -0.3 is 5.11 Å². The number of aliphatic hydroxyl groups excluding tert-OH is 1. The molecule has 2 bridgehead atoms. The van der Waals surface area contributed by atoms with Crippen molar-refractivity contribution >= 4 is 0 Å². The van der Waals surface area contributed by atoms with Crippen LogP contribution in [-0.4, -0.2) is 11.2 Å². The van der Waals surface area contributed by atoms with E-state index in [1.165, 1.54) is 25.7 Å². The molecule has 3 fully saturated rings. The van der Waals surface area contributed by atoms with Gasteiger partial charge in [-0.3, -0.25) is 0 Å². The lowest BCUT2D eigenvalue weighted by Gasteiger charge is -2.39. The standard InChI is InChI=1S/C8H14O.C4H10/c9-8-5-6-1-3-7(8)4-2-6;1-4(2)3/h6-9H,1-5H2;4H,1-3H3. The number of hydrogen-bond acceptors (Lipinski definition) is 1. The van der Waals surface area contributed by atoms with Gasteiger partial charge in [0, 0.05) is 0 Å². The Kier molecular flexibility index (Phi) is 4.24. The predicted molar refractivity (Wildman–Crippen MR) is 56.6 cm³/mol. The number of hydrogen-bond donors (Lipinski definition) is 1. The van der Waals surface area contributed by atoms with Gasteiger partial charge in [0.05, 0.1) is 6.10 Å². The van der Waals surface area contributed by atoms with E-state index in [9.17, 15) is 5.11 Å². The molecular formula is C12H24O. The van der Waals surface area contributed by atoms with Gasteiger partial charge in [0.2, 0.25) is 0 Å². The molecule has 0 amide bonds. The first-order valence-electron chi connectivity index (χ1n) is 5.77. The summed E-state index contributed by atoms with van der Waals surface area (Å²) in [5.41, 5.74) is 0. The summed E-state index contributed by atoms with van der Waals surface area (Å²) in [5.74, 6) is 2.39. The fourth-order valence-corrected chi connectivity index (χ4v) is 2.34. The molecule has 1 unspecified atom stereocenters. The molecule has 78 valence electrons. The van der Waals surface area contributed by atoms with Crippen LogP contribution in [0.5, 0.6) is 0 Å². The van der Waals surface area contributed by atoms with E-state index in [4.69, 9.17) is 0 Å². The van der Waals surface area contributed by atoms with E-state index in [0.29, 0.717) is 5.92 Å². The van der Waals surface area contributed by atoms with Crippen LogP contribution in [0.25, 0.3) is 0 Å². The Balaban J connectivity index is 0.000000184. The Labute approximate surface area is 82.5 Å². The van der Waals surface area contributed by atoms with Crippen molar-refractivity contribution in [1.82, 2.24) is 0 Å². The lowest BCUT2D eigenvalue weighted by Crippen LogP contribution is -2.34. The van der Waals surface area contributed by atoms with E-state index in [1.807, 2.05) is 0 Å². The van der Waals surface area contributed by atoms with Gasteiger partial charge in [0.25, 0.3) is 0 Å². The second-order valence-electron chi connectivity index (χ2n) is 5.32. The third kappa shape index (κ3) is 3.68. The maximum absolute atomic E-state index is 9.40. The first-order valence-corrected chi connectivity index (χ1v) is 5.77. The van der Waals surface area contributed by atoms with E-state index in [0.717, 1.165) is 18.3 Å². The van der Waals surface area contributed by atoms with E-state index in [2.05, 4.69) is 20.8 Å². The zero-order valence-electron chi connectivity index (χ0n) is 9.29. The van der Waals surface area contributed by atoms with E-state index < -0.39 is 0 Å². The van der Waals surface area contributed by atoms with Gasteiger partial charge in [0.15, 0.2) is 0 Å². The molecule has 1 atom stereocenters. The van der Waals surface area contributed by atoms with Crippen molar-refractivity contribution < 1.29 is 5.11 Å². The van der Waals surface area contributed by atoms with Crippen LogP contribution < -0.4 is 0 Å². The van der Waals surface area contributed by atoms with Gasteiger partial charge in [-0.25, -0.2) is 0 Å². The predicted octanol–water partition coefficient (Wildman–Crippen LogP) is 3.22. The zero-order chi connectivity index (χ0) is 9.84. The van der Waals surface area contributed by atoms with Crippen LogP contribution >= 0.6 is 0 Å². The highest BCUT2D eigenvalue weighted by molar-refractivity contribution is 4.85. The number of rotatable bonds is 0. The topological polar surface area (TPSA) is 20.2 Å². The Bertz CT molecular complexity index is 131. The fraction of sp³-hybridized carbons (Fsp3) is 1.00. The van der Waals surface area contributed by atoms with Gasteiger partial charge in [-0.15, -0.1) is 0 Å². The molecule has 0 radical (unpaired) electrons. The van der Waals surface area contributed by atoms with Crippen molar-refractivity contribution in [2.75, 3.05) is 0 Å². The minimum atomic E-state index is 0.0671. The van der Waals surface area contributed by atoms with Gasteiger partial charge in [-0.2, -0.15) is 0 Å². The Morgan fingerprint density at radius 1 is 1.00 bits per heavy atom. The van der Waals surface area contributed by atoms with Crippen LogP contribution in [-0.2, 0) is 0 Å². The summed E-state index contributed by atoms with van der Waals surface area (Å²) in [6, 6.07) is 0. The minimum Gasteiger partial charge on any atom is -0.393 e. The summed E-state index contributed by atoms with van der Waals surface area (Å²) in [7, 11) is 0. The summed E-state index contributed by atoms with van der Waals surface area (Å²) in [6.45, 7) is 6.50. The van der Waals surface area contributed by atoms with Gasteiger partial charge in [0.1, 0.15) is 0 Å². The highest BCUT2D eigenvalue weighted by Gasteiger charge is 2.33. The average Bonchev–Trinajstić information content (AvgIpc) is 2.04. The molecule has 1 N–H and O–H groups in total. The molecule has 0 aromatic rings. The molecule has 0 aromatic heterocycles. The average molecular weight is 184 g/mol. The molecule has 3 aliphatic carbocycles. The van der Waals surface area contributed by atoms with Crippen molar-refractivity contribution in [2.24, 2.45) is 17.8 Å². The molecule has 1 nitrogen and oxygen atoms in total. The van der Waals surface area contributed by atoms with Gasteiger partial charge in [-0.1, -0.05) is 20.8 Å². The zero-order valence-corrected chi connectivity index (χ0v) is 9.29. The van der Waals surface area contributed by atoms with Crippen LogP contribution in [0, 0.1) is 17.8 Å². The second-order valence-corrected chi connectivity index (χ2v) is 5.32. The first-order chi connectivity index (χ1) is 6.09. The molecule has 0 aromatic carbocycles. The summed E-state index contributed by atoms with van der Waals surface area (Å²) >= 11 is 0. The highest BCUT2D eigenvalue weighted by Crippen LogP contribution is 2.40. The lowest BCUT2D eigenvalue weighted by molar-refractivity contribution is 0.00248. The first kappa shape index (κ1) is 11.0. The summed E-state index contributed by atoms with van der Waals surface area (Å²) < 4.78 is 0. The molecule has 13 heavy (non-hydrogen) atoms. The van der Waals surface area contributed by atoms with E-state index >= 15 is 0 Å². The second kappa shape index (κ2) is 4.99.